The van der Waals surface area contributed by atoms with Crippen LogP contribution in [0.5, 0.6) is 0 Å². The number of nitrogens with zero attached hydrogens (tertiary/aromatic N) is 4. The normalized spacial score (nSPS) is 16.1. The van der Waals surface area contributed by atoms with Crippen molar-refractivity contribution in [1.29, 1.82) is 0 Å². The van der Waals surface area contributed by atoms with E-state index in [4.69, 9.17) is 5.73 Å². The second-order valence-electron chi connectivity index (χ2n) is 4.80. The third-order valence-electron chi connectivity index (χ3n) is 3.42. The molecule has 0 bridgehead atoms. The number of sulfonamides is 1. The molecule has 2 heterocycles. The summed E-state index contributed by atoms with van der Waals surface area (Å²) in [4.78, 5) is 0.291. The van der Waals surface area contributed by atoms with Gasteiger partial charge in [0.2, 0.25) is 10.0 Å². The average molecular weight is 293 g/mol. The van der Waals surface area contributed by atoms with Crippen LogP contribution in [0.15, 0.2) is 29.4 Å². The van der Waals surface area contributed by atoms with Gasteiger partial charge in [0.15, 0.2) is 0 Å². The quantitative estimate of drug-likeness (QED) is 0.807. The van der Waals surface area contributed by atoms with Crippen LogP contribution in [-0.4, -0.2) is 34.0 Å². The summed E-state index contributed by atoms with van der Waals surface area (Å²) >= 11 is 0. The zero-order chi connectivity index (χ0) is 14.3. The summed E-state index contributed by atoms with van der Waals surface area (Å²) in [6, 6.07) is 4.82. The van der Waals surface area contributed by atoms with Crippen LogP contribution in [-0.2, 0) is 23.1 Å². The molecule has 106 valence electrons. The van der Waals surface area contributed by atoms with Crippen LogP contribution in [0.25, 0.3) is 0 Å². The smallest absolute Gasteiger partial charge is 0.243 e. The van der Waals surface area contributed by atoms with Crippen molar-refractivity contribution in [3.05, 3.63) is 35.9 Å². The van der Waals surface area contributed by atoms with Crippen LogP contribution in [0, 0.1) is 6.92 Å². The van der Waals surface area contributed by atoms with E-state index in [1.165, 1.54) is 4.31 Å². The Morgan fingerprint density at radius 1 is 1.30 bits per heavy atom. The maximum absolute atomic E-state index is 12.7. The molecule has 1 aliphatic heterocycles. The summed E-state index contributed by atoms with van der Waals surface area (Å²) in [5, 5.41) is 7.73. The van der Waals surface area contributed by atoms with Gasteiger partial charge in [0.25, 0.3) is 0 Å². The van der Waals surface area contributed by atoms with E-state index in [1.54, 1.807) is 31.5 Å². The fraction of sp³-hybridized carbons (Fsp3) is 0.333. The molecule has 0 amide bonds. The van der Waals surface area contributed by atoms with Gasteiger partial charge in [-0.2, -0.15) is 4.31 Å². The molecule has 3 rings (SSSR count). The number of benzene rings is 1. The third-order valence-corrected chi connectivity index (χ3v) is 5.43. The summed E-state index contributed by atoms with van der Waals surface area (Å²) in [7, 11) is -3.53. The highest BCUT2D eigenvalue weighted by molar-refractivity contribution is 7.89. The molecule has 1 aromatic carbocycles. The minimum absolute atomic E-state index is 0.242. The molecule has 0 fully saturated rings. The van der Waals surface area contributed by atoms with E-state index in [-0.39, 0.29) is 6.54 Å². The highest BCUT2D eigenvalue weighted by Gasteiger charge is 2.30. The highest BCUT2D eigenvalue weighted by Crippen LogP contribution is 2.24. The van der Waals surface area contributed by atoms with Crippen LogP contribution in [0.4, 0.5) is 5.69 Å². The molecule has 0 aliphatic carbocycles. The maximum atomic E-state index is 12.7. The highest BCUT2D eigenvalue weighted by atomic mass is 32.2. The second kappa shape index (κ2) is 4.57. The molecule has 0 radical (unpaired) electrons. The van der Waals surface area contributed by atoms with Gasteiger partial charge in [0.1, 0.15) is 12.2 Å². The first-order valence-corrected chi connectivity index (χ1v) is 7.65. The van der Waals surface area contributed by atoms with E-state index in [0.717, 1.165) is 0 Å². The van der Waals surface area contributed by atoms with Crippen molar-refractivity contribution in [2.75, 3.05) is 12.3 Å². The molecular formula is C12H15N5O2S. The number of anilines is 1. The van der Waals surface area contributed by atoms with Gasteiger partial charge in [-0.25, -0.2) is 8.42 Å². The number of hydrogen-bond acceptors (Lipinski definition) is 5. The van der Waals surface area contributed by atoms with E-state index in [9.17, 15) is 8.42 Å². The largest absolute Gasteiger partial charge is 0.399 e. The molecule has 0 saturated carbocycles. The van der Waals surface area contributed by atoms with Gasteiger partial charge in [0, 0.05) is 18.8 Å². The lowest BCUT2D eigenvalue weighted by molar-refractivity contribution is 0.335. The predicted octanol–water partition coefficient (Wildman–Crippen LogP) is 0.373. The third kappa shape index (κ3) is 2.06. The van der Waals surface area contributed by atoms with Crippen molar-refractivity contribution >= 4 is 15.7 Å². The maximum Gasteiger partial charge on any atom is 0.243 e. The van der Waals surface area contributed by atoms with E-state index in [0.29, 0.717) is 35.1 Å². The van der Waals surface area contributed by atoms with Crippen molar-refractivity contribution in [2.45, 2.75) is 24.9 Å². The van der Waals surface area contributed by atoms with E-state index in [2.05, 4.69) is 10.2 Å². The van der Waals surface area contributed by atoms with Crippen molar-refractivity contribution < 1.29 is 8.42 Å². The van der Waals surface area contributed by atoms with Gasteiger partial charge in [-0.15, -0.1) is 10.2 Å². The molecular weight excluding hydrogens is 278 g/mol. The Balaban J connectivity index is 1.97. The van der Waals surface area contributed by atoms with Crippen LogP contribution < -0.4 is 5.73 Å². The summed E-state index contributed by atoms with van der Waals surface area (Å²) in [6.07, 6.45) is 1.62. The fourth-order valence-electron chi connectivity index (χ4n) is 2.35. The van der Waals surface area contributed by atoms with Gasteiger partial charge < -0.3 is 10.3 Å². The molecule has 20 heavy (non-hydrogen) atoms. The lowest BCUT2D eigenvalue weighted by atomic mass is 10.2. The van der Waals surface area contributed by atoms with E-state index < -0.39 is 10.0 Å². The Kier molecular flexibility index (Phi) is 2.98. The first-order chi connectivity index (χ1) is 9.48. The Bertz CT molecular complexity index is 753. The van der Waals surface area contributed by atoms with Crippen molar-refractivity contribution in [2.24, 2.45) is 0 Å². The summed E-state index contributed by atoms with van der Waals surface area (Å²) in [5.74, 6) is 0.660. The number of rotatable bonds is 2. The minimum atomic E-state index is -3.53. The van der Waals surface area contributed by atoms with Gasteiger partial charge in [-0.05, 0) is 30.7 Å². The summed E-state index contributed by atoms with van der Waals surface area (Å²) in [6.45, 7) is 2.97. The lowest BCUT2D eigenvalue weighted by Gasteiger charge is -2.26. The molecule has 7 nitrogen and oxygen atoms in total. The summed E-state index contributed by atoms with van der Waals surface area (Å²) < 4.78 is 28.6. The van der Waals surface area contributed by atoms with Crippen molar-refractivity contribution in [3.8, 4) is 0 Å². The van der Waals surface area contributed by atoms with Crippen molar-refractivity contribution in [1.82, 2.24) is 19.1 Å². The van der Waals surface area contributed by atoms with Crippen LogP contribution in [0.3, 0.4) is 0 Å². The SMILES string of the molecule is Cc1cc(N)ccc1S(=O)(=O)N1CCn2cnnc2C1. The molecule has 1 aromatic heterocycles. The lowest BCUT2D eigenvalue weighted by Crippen LogP contribution is -2.38. The number of nitrogen functional groups attached to an aromatic ring is 1. The predicted molar refractivity (Wildman–Crippen MR) is 73.2 cm³/mol. The first kappa shape index (κ1) is 13.1. The number of aryl methyl sites for hydroxylation is 1. The zero-order valence-electron chi connectivity index (χ0n) is 11.0. The molecule has 0 unspecified atom stereocenters. The molecule has 0 saturated heterocycles. The van der Waals surface area contributed by atoms with Gasteiger partial charge in [-0.1, -0.05) is 0 Å². The van der Waals surface area contributed by atoms with Crippen molar-refractivity contribution in [3.63, 3.8) is 0 Å². The second-order valence-corrected chi connectivity index (χ2v) is 6.71. The number of aromatic nitrogens is 3. The van der Waals surface area contributed by atoms with Crippen LogP contribution in [0.2, 0.25) is 0 Å². The Morgan fingerprint density at radius 2 is 2.10 bits per heavy atom. The van der Waals surface area contributed by atoms with Crippen LogP contribution in [0.1, 0.15) is 11.4 Å². The molecule has 0 atom stereocenters. The van der Waals surface area contributed by atoms with E-state index >= 15 is 0 Å². The Hall–Kier alpha value is -1.93. The zero-order valence-corrected chi connectivity index (χ0v) is 11.8. The molecule has 0 spiro atoms. The molecule has 2 aromatic rings. The average Bonchev–Trinajstić information content (AvgIpc) is 2.85. The molecule has 2 N–H and O–H groups in total. The van der Waals surface area contributed by atoms with Gasteiger partial charge in [-0.3, -0.25) is 0 Å². The molecule has 1 aliphatic rings. The van der Waals surface area contributed by atoms with Gasteiger partial charge >= 0.3 is 0 Å². The van der Waals surface area contributed by atoms with Crippen LogP contribution >= 0.6 is 0 Å². The number of nitrogens with two attached hydrogens (primary N) is 1. The molecule has 8 heteroatoms. The topological polar surface area (TPSA) is 94.1 Å². The fourth-order valence-corrected chi connectivity index (χ4v) is 3.94. The standard InChI is InChI=1S/C12H15N5O2S/c1-9-6-10(13)2-3-11(9)20(18,19)17-5-4-16-8-14-15-12(16)7-17/h2-3,6,8H,4-5,7,13H2,1H3. The minimum Gasteiger partial charge on any atom is -0.399 e. The Morgan fingerprint density at radius 3 is 2.85 bits per heavy atom. The first-order valence-electron chi connectivity index (χ1n) is 6.21. The number of fused-ring (bicyclic) bond motifs is 1. The number of hydrogen-bond donors (Lipinski definition) is 1. The monoisotopic (exact) mass is 293 g/mol. The Labute approximate surface area is 117 Å². The van der Waals surface area contributed by atoms with Gasteiger partial charge in [0.05, 0.1) is 11.4 Å². The summed E-state index contributed by atoms with van der Waals surface area (Å²) in [5.41, 5.74) is 6.87. The van der Waals surface area contributed by atoms with E-state index in [1.807, 2.05) is 4.57 Å².